The van der Waals surface area contributed by atoms with Crippen molar-refractivity contribution in [1.82, 2.24) is 4.90 Å². The van der Waals surface area contributed by atoms with E-state index >= 15 is 0 Å². The molecule has 0 radical (unpaired) electrons. The fourth-order valence-corrected chi connectivity index (χ4v) is 1.86. The topological polar surface area (TPSA) is 55.6 Å². The van der Waals surface area contributed by atoms with E-state index in [0.29, 0.717) is 23.5 Å². The molecule has 1 aromatic rings. The number of amides is 1. The van der Waals surface area contributed by atoms with Crippen molar-refractivity contribution in [3.63, 3.8) is 0 Å². The molecular formula is C13H16N2O2. The molecule has 1 aliphatic heterocycles. The van der Waals surface area contributed by atoms with E-state index in [4.69, 9.17) is 10.5 Å². The SMILES string of the molecule is COc1ccc(C(=O)N2CC=CCC2)c(N)c1. The zero-order valence-electron chi connectivity index (χ0n) is 9.85. The minimum Gasteiger partial charge on any atom is -0.497 e. The lowest BCUT2D eigenvalue weighted by molar-refractivity contribution is 0.0772. The number of carbonyl (C=O) groups excluding carboxylic acids is 1. The highest BCUT2D eigenvalue weighted by Gasteiger charge is 2.18. The van der Waals surface area contributed by atoms with Crippen molar-refractivity contribution < 1.29 is 9.53 Å². The van der Waals surface area contributed by atoms with Gasteiger partial charge in [-0.25, -0.2) is 0 Å². The highest BCUT2D eigenvalue weighted by molar-refractivity contribution is 5.99. The first-order valence-electron chi connectivity index (χ1n) is 5.60. The van der Waals surface area contributed by atoms with Crippen LogP contribution in [-0.2, 0) is 0 Å². The van der Waals surface area contributed by atoms with Gasteiger partial charge in [-0.3, -0.25) is 4.79 Å². The van der Waals surface area contributed by atoms with Crippen LogP contribution >= 0.6 is 0 Å². The number of rotatable bonds is 2. The molecule has 0 fully saturated rings. The fourth-order valence-electron chi connectivity index (χ4n) is 1.86. The van der Waals surface area contributed by atoms with Crippen LogP contribution in [0.3, 0.4) is 0 Å². The van der Waals surface area contributed by atoms with Crippen LogP contribution in [0.25, 0.3) is 0 Å². The van der Waals surface area contributed by atoms with Gasteiger partial charge in [-0.2, -0.15) is 0 Å². The van der Waals surface area contributed by atoms with E-state index in [9.17, 15) is 4.79 Å². The highest BCUT2D eigenvalue weighted by Crippen LogP contribution is 2.21. The number of hydrogen-bond acceptors (Lipinski definition) is 3. The Balaban J connectivity index is 2.21. The van der Waals surface area contributed by atoms with Crippen LogP contribution in [0.4, 0.5) is 5.69 Å². The van der Waals surface area contributed by atoms with E-state index in [1.54, 1.807) is 30.2 Å². The normalized spacial score (nSPS) is 14.8. The minimum atomic E-state index is -0.0190. The molecule has 4 nitrogen and oxygen atoms in total. The van der Waals surface area contributed by atoms with Crippen molar-refractivity contribution in [2.24, 2.45) is 0 Å². The molecule has 17 heavy (non-hydrogen) atoms. The van der Waals surface area contributed by atoms with Crippen molar-refractivity contribution in [3.8, 4) is 5.75 Å². The molecule has 0 saturated carbocycles. The van der Waals surface area contributed by atoms with Gasteiger partial charge in [0.25, 0.3) is 5.91 Å². The number of nitrogen functional groups attached to an aromatic ring is 1. The van der Waals surface area contributed by atoms with Gasteiger partial charge in [-0.05, 0) is 18.6 Å². The molecule has 0 unspecified atom stereocenters. The van der Waals surface area contributed by atoms with E-state index in [0.717, 1.165) is 13.0 Å². The quantitative estimate of drug-likeness (QED) is 0.623. The lowest BCUT2D eigenvalue weighted by Crippen LogP contribution is -2.34. The molecular weight excluding hydrogens is 216 g/mol. The first-order chi connectivity index (χ1) is 8.22. The molecule has 1 amide bonds. The zero-order valence-corrected chi connectivity index (χ0v) is 9.85. The fraction of sp³-hybridized carbons (Fsp3) is 0.308. The molecule has 0 atom stereocenters. The number of anilines is 1. The van der Waals surface area contributed by atoms with Gasteiger partial charge in [0.15, 0.2) is 0 Å². The summed E-state index contributed by atoms with van der Waals surface area (Å²) in [5.41, 5.74) is 6.86. The predicted molar refractivity (Wildman–Crippen MR) is 67.1 cm³/mol. The van der Waals surface area contributed by atoms with E-state index < -0.39 is 0 Å². The molecule has 90 valence electrons. The molecule has 1 aromatic carbocycles. The van der Waals surface area contributed by atoms with Crippen molar-refractivity contribution >= 4 is 11.6 Å². The van der Waals surface area contributed by atoms with Crippen molar-refractivity contribution in [3.05, 3.63) is 35.9 Å². The van der Waals surface area contributed by atoms with Crippen LogP contribution in [0.15, 0.2) is 30.4 Å². The Labute approximate surface area is 101 Å². The maximum atomic E-state index is 12.2. The molecule has 0 spiro atoms. The minimum absolute atomic E-state index is 0.0190. The average Bonchev–Trinajstić information content (AvgIpc) is 2.39. The molecule has 0 aliphatic carbocycles. The maximum Gasteiger partial charge on any atom is 0.256 e. The summed E-state index contributed by atoms with van der Waals surface area (Å²) in [6.45, 7) is 1.41. The van der Waals surface area contributed by atoms with Gasteiger partial charge in [-0.1, -0.05) is 12.2 Å². The second-order valence-corrected chi connectivity index (χ2v) is 3.96. The van der Waals surface area contributed by atoms with E-state index in [1.807, 2.05) is 6.08 Å². The monoisotopic (exact) mass is 232 g/mol. The summed E-state index contributed by atoms with van der Waals surface area (Å²) in [5.74, 6) is 0.645. The summed E-state index contributed by atoms with van der Waals surface area (Å²) in [5, 5.41) is 0. The Bertz CT molecular complexity index is 455. The van der Waals surface area contributed by atoms with Gasteiger partial charge in [0, 0.05) is 24.8 Å². The molecule has 4 heteroatoms. The van der Waals surface area contributed by atoms with Crippen molar-refractivity contribution in [2.45, 2.75) is 6.42 Å². The summed E-state index contributed by atoms with van der Waals surface area (Å²) < 4.78 is 5.06. The second kappa shape index (κ2) is 4.91. The number of carbonyl (C=O) groups is 1. The van der Waals surface area contributed by atoms with Crippen LogP contribution in [0, 0.1) is 0 Å². The Hall–Kier alpha value is -1.97. The summed E-state index contributed by atoms with van der Waals surface area (Å²) in [6, 6.07) is 5.14. The van der Waals surface area contributed by atoms with E-state index in [2.05, 4.69) is 6.08 Å². The average molecular weight is 232 g/mol. The molecule has 0 bridgehead atoms. The van der Waals surface area contributed by atoms with Gasteiger partial charge in [0.05, 0.1) is 12.7 Å². The Morgan fingerprint density at radius 2 is 2.24 bits per heavy atom. The Morgan fingerprint density at radius 3 is 2.82 bits per heavy atom. The molecule has 1 aliphatic rings. The summed E-state index contributed by atoms with van der Waals surface area (Å²) >= 11 is 0. The number of hydrogen-bond donors (Lipinski definition) is 1. The summed E-state index contributed by atoms with van der Waals surface area (Å²) in [4.78, 5) is 14.0. The third-order valence-electron chi connectivity index (χ3n) is 2.83. The second-order valence-electron chi connectivity index (χ2n) is 3.96. The molecule has 2 N–H and O–H groups in total. The zero-order chi connectivity index (χ0) is 12.3. The molecule has 1 heterocycles. The predicted octanol–water partition coefficient (Wildman–Crippen LogP) is 1.68. The van der Waals surface area contributed by atoms with Crippen LogP contribution in [0.5, 0.6) is 5.75 Å². The molecule has 2 rings (SSSR count). The number of methoxy groups -OCH3 is 1. The van der Waals surface area contributed by atoms with Gasteiger partial charge in [0.2, 0.25) is 0 Å². The molecule has 0 aromatic heterocycles. The van der Waals surface area contributed by atoms with Crippen molar-refractivity contribution in [1.29, 1.82) is 0 Å². The third kappa shape index (κ3) is 2.41. The lowest BCUT2D eigenvalue weighted by atomic mass is 10.1. The van der Waals surface area contributed by atoms with Crippen LogP contribution in [0.2, 0.25) is 0 Å². The smallest absolute Gasteiger partial charge is 0.256 e. The molecule has 0 saturated heterocycles. The van der Waals surface area contributed by atoms with E-state index in [-0.39, 0.29) is 5.91 Å². The van der Waals surface area contributed by atoms with Crippen LogP contribution < -0.4 is 10.5 Å². The Morgan fingerprint density at radius 1 is 1.41 bits per heavy atom. The third-order valence-corrected chi connectivity index (χ3v) is 2.83. The number of ether oxygens (including phenoxy) is 1. The lowest BCUT2D eigenvalue weighted by Gasteiger charge is -2.24. The highest BCUT2D eigenvalue weighted by atomic mass is 16.5. The first kappa shape index (κ1) is 11.5. The van der Waals surface area contributed by atoms with Crippen LogP contribution in [0.1, 0.15) is 16.8 Å². The van der Waals surface area contributed by atoms with Crippen LogP contribution in [-0.4, -0.2) is 31.0 Å². The van der Waals surface area contributed by atoms with Gasteiger partial charge in [0.1, 0.15) is 5.75 Å². The Kier molecular flexibility index (Phi) is 3.32. The largest absolute Gasteiger partial charge is 0.497 e. The van der Waals surface area contributed by atoms with Gasteiger partial charge >= 0.3 is 0 Å². The number of nitrogens with two attached hydrogens (primary N) is 1. The van der Waals surface area contributed by atoms with Crippen molar-refractivity contribution in [2.75, 3.05) is 25.9 Å². The standard InChI is InChI=1S/C13H16N2O2/c1-17-10-5-6-11(12(14)9-10)13(16)15-7-3-2-4-8-15/h2-3,5-6,9H,4,7-8,14H2,1H3. The maximum absolute atomic E-state index is 12.2. The first-order valence-corrected chi connectivity index (χ1v) is 5.60. The van der Waals surface area contributed by atoms with Gasteiger partial charge < -0.3 is 15.4 Å². The van der Waals surface area contributed by atoms with Gasteiger partial charge in [-0.15, -0.1) is 0 Å². The van der Waals surface area contributed by atoms with E-state index in [1.165, 1.54) is 0 Å². The number of nitrogens with zero attached hydrogens (tertiary/aromatic N) is 1. The summed E-state index contributed by atoms with van der Waals surface area (Å²) in [7, 11) is 1.58. The summed E-state index contributed by atoms with van der Waals surface area (Å²) in [6.07, 6.45) is 4.99. The number of benzene rings is 1.